The van der Waals surface area contributed by atoms with Crippen LogP contribution in [-0.2, 0) is 9.53 Å². The van der Waals surface area contributed by atoms with E-state index < -0.39 is 18.0 Å². The Bertz CT molecular complexity index is 477. The molecule has 5 nitrogen and oxygen atoms in total. The molecule has 0 saturated heterocycles. The second-order valence-electron chi connectivity index (χ2n) is 4.04. The van der Waals surface area contributed by atoms with E-state index in [4.69, 9.17) is 16.3 Å². The highest BCUT2D eigenvalue weighted by atomic mass is 35.5. The van der Waals surface area contributed by atoms with Gasteiger partial charge in [0.05, 0.1) is 6.61 Å². The molecule has 0 aliphatic heterocycles. The molecule has 1 aromatic rings. The lowest BCUT2D eigenvalue weighted by Crippen LogP contribution is -2.41. The van der Waals surface area contributed by atoms with Crippen molar-refractivity contribution in [1.29, 1.82) is 0 Å². The van der Waals surface area contributed by atoms with Gasteiger partial charge in [-0.05, 0) is 38.5 Å². The van der Waals surface area contributed by atoms with Crippen molar-refractivity contribution in [3.8, 4) is 0 Å². The first-order valence-electron chi connectivity index (χ1n) is 5.94. The molecule has 0 aliphatic carbocycles. The van der Waals surface area contributed by atoms with Crippen molar-refractivity contribution in [3.63, 3.8) is 0 Å². The van der Waals surface area contributed by atoms with Crippen LogP contribution in [0.2, 0.25) is 5.02 Å². The quantitative estimate of drug-likeness (QED) is 0.836. The molecule has 0 radical (unpaired) electrons. The summed E-state index contributed by atoms with van der Waals surface area (Å²) < 4.78 is 4.79. The lowest BCUT2D eigenvalue weighted by atomic mass is 10.2. The van der Waals surface area contributed by atoms with Crippen LogP contribution in [0.4, 0.5) is 10.5 Å². The maximum absolute atomic E-state index is 11.7. The Hall–Kier alpha value is -1.75. The van der Waals surface area contributed by atoms with E-state index in [0.717, 1.165) is 5.56 Å². The summed E-state index contributed by atoms with van der Waals surface area (Å²) in [7, 11) is 0. The molecule has 1 unspecified atom stereocenters. The summed E-state index contributed by atoms with van der Waals surface area (Å²) in [4.78, 5) is 23.0. The van der Waals surface area contributed by atoms with Crippen molar-refractivity contribution in [3.05, 3.63) is 28.8 Å². The van der Waals surface area contributed by atoms with Crippen LogP contribution in [0.5, 0.6) is 0 Å². The fraction of sp³-hybridized carbons (Fsp3) is 0.385. The number of esters is 1. The fourth-order valence-corrected chi connectivity index (χ4v) is 1.54. The van der Waals surface area contributed by atoms with Crippen LogP contribution in [0, 0.1) is 6.92 Å². The molecule has 0 bridgehead atoms. The zero-order valence-electron chi connectivity index (χ0n) is 11.1. The molecule has 1 aromatic carbocycles. The van der Waals surface area contributed by atoms with Crippen LogP contribution in [0.1, 0.15) is 19.4 Å². The van der Waals surface area contributed by atoms with Crippen LogP contribution in [0.25, 0.3) is 0 Å². The molecule has 0 saturated carbocycles. The molecule has 2 amide bonds. The van der Waals surface area contributed by atoms with E-state index >= 15 is 0 Å². The standard InChI is InChI=1S/C13H17ClN2O3/c1-4-19-12(17)9(3)15-13(18)16-10-6-5-8(2)11(14)7-10/h5-7,9H,4H2,1-3H3,(H2,15,16,18). The molecule has 0 spiro atoms. The van der Waals surface area contributed by atoms with Crippen LogP contribution in [0.3, 0.4) is 0 Å². The SMILES string of the molecule is CCOC(=O)C(C)NC(=O)Nc1ccc(C)c(Cl)c1. The maximum atomic E-state index is 11.7. The van der Waals surface area contributed by atoms with E-state index in [0.29, 0.717) is 10.7 Å². The van der Waals surface area contributed by atoms with Crippen molar-refractivity contribution in [2.24, 2.45) is 0 Å². The number of nitrogens with one attached hydrogen (secondary N) is 2. The molecule has 0 heterocycles. The smallest absolute Gasteiger partial charge is 0.328 e. The Morgan fingerprint density at radius 1 is 1.42 bits per heavy atom. The van der Waals surface area contributed by atoms with Gasteiger partial charge in [0, 0.05) is 10.7 Å². The van der Waals surface area contributed by atoms with Gasteiger partial charge in [0.15, 0.2) is 0 Å². The summed E-state index contributed by atoms with van der Waals surface area (Å²) in [5, 5.41) is 5.64. The third kappa shape index (κ3) is 4.79. The van der Waals surface area contributed by atoms with Gasteiger partial charge in [-0.3, -0.25) is 0 Å². The monoisotopic (exact) mass is 284 g/mol. The number of hydrogen-bond acceptors (Lipinski definition) is 3. The Morgan fingerprint density at radius 3 is 2.68 bits per heavy atom. The normalized spacial score (nSPS) is 11.6. The van der Waals surface area contributed by atoms with Gasteiger partial charge in [0.25, 0.3) is 0 Å². The van der Waals surface area contributed by atoms with Gasteiger partial charge >= 0.3 is 12.0 Å². The number of ether oxygens (including phenoxy) is 1. The Kier molecular flexibility index (Phi) is 5.63. The lowest BCUT2D eigenvalue weighted by Gasteiger charge is -2.13. The summed E-state index contributed by atoms with van der Waals surface area (Å²) in [6.07, 6.45) is 0. The van der Waals surface area contributed by atoms with Crippen molar-refractivity contribution >= 4 is 29.3 Å². The number of hydrogen-bond donors (Lipinski definition) is 2. The lowest BCUT2D eigenvalue weighted by molar-refractivity contribution is -0.144. The molecular weight excluding hydrogens is 268 g/mol. The number of benzene rings is 1. The van der Waals surface area contributed by atoms with E-state index in [1.165, 1.54) is 0 Å². The summed E-state index contributed by atoms with van der Waals surface area (Å²) >= 11 is 5.95. The molecule has 2 N–H and O–H groups in total. The van der Waals surface area contributed by atoms with Crippen LogP contribution >= 0.6 is 11.6 Å². The number of rotatable bonds is 4. The van der Waals surface area contributed by atoms with Crippen molar-refractivity contribution in [2.45, 2.75) is 26.8 Å². The molecule has 6 heteroatoms. The summed E-state index contributed by atoms with van der Waals surface area (Å²) in [6, 6.07) is 3.98. The molecule has 1 atom stereocenters. The van der Waals surface area contributed by atoms with Gasteiger partial charge in [0.2, 0.25) is 0 Å². The third-order valence-corrected chi connectivity index (χ3v) is 2.82. The first kappa shape index (κ1) is 15.3. The van der Waals surface area contributed by atoms with E-state index in [9.17, 15) is 9.59 Å². The minimum absolute atomic E-state index is 0.278. The van der Waals surface area contributed by atoms with Gasteiger partial charge < -0.3 is 15.4 Å². The summed E-state index contributed by atoms with van der Waals surface area (Å²) in [5.74, 6) is -0.473. The molecule has 104 valence electrons. The Labute approximate surface area is 117 Å². The highest BCUT2D eigenvalue weighted by Crippen LogP contribution is 2.19. The van der Waals surface area contributed by atoms with Gasteiger partial charge in [-0.1, -0.05) is 17.7 Å². The van der Waals surface area contributed by atoms with E-state index in [1.54, 1.807) is 32.0 Å². The predicted octanol–water partition coefficient (Wildman–Crippen LogP) is 2.72. The van der Waals surface area contributed by atoms with Gasteiger partial charge in [-0.2, -0.15) is 0 Å². The highest BCUT2D eigenvalue weighted by molar-refractivity contribution is 6.31. The molecule has 0 fully saturated rings. The van der Waals surface area contributed by atoms with Crippen molar-refractivity contribution < 1.29 is 14.3 Å². The van der Waals surface area contributed by atoms with E-state index in [-0.39, 0.29) is 6.61 Å². The molecule has 0 aliphatic rings. The first-order valence-corrected chi connectivity index (χ1v) is 6.32. The zero-order valence-corrected chi connectivity index (χ0v) is 11.9. The number of carbonyl (C=O) groups excluding carboxylic acids is 2. The minimum Gasteiger partial charge on any atom is -0.464 e. The fourth-order valence-electron chi connectivity index (χ4n) is 1.36. The van der Waals surface area contributed by atoms with E-state index in [1.807, 2.05) is 6.92 Å². The van der Waals surface area contributed by atoms with Gasteiger partial charge in [0.1, 0.15) is 6.04 Å². The highest BCUT2D eigenvalue weighted by Gasteiger charge is 2.16. The zero-order chi connectivity index (χ0) is 14.4. The first-order chi connectivity index (χ1) is 8.93. The number of amides is 2. The van der Waals surface area contributed by atoms with Crippen LogP contribution < -0.4 is 10.6 Å². The largest absolute Gasteiger partial charge is 0.464 e. The van der Waals surface area contributed by atoms with Gasteiger partial charge in [-0.25, -0.2) is 9.59 Å². The molecular formula is C13H17ClN2O3. The average molecular weight is 285 g/mol. The predicted molar refractivity (Wildman–Crippen MR) is 74.4 cm³/mol. The number of aryl methyl sites for hydroxylation is 1. The number of carbonyl (C=O) groups is 2. The van der Waals surface area contributed by atoms with Crippen molar-refractivity contribution in [1.82, 2.24) is 5.32 Å². The number of halogens is 1. The molecule has 1 rings (SSSR count). The van der Waals surface area contributed by atoms with Crippen LogP contribution in [-0.4, -0.2) is 24.6 Å². The number of urea groups is 1. The summed E-state index contributed by atoms with van der Waals surface area (Å²) in [6.45, 7) is 5.41. The third-order valence-electron chi connectivity index (χ3n) is 2.42. The van der Waals surface area contributed by atoms with Crippen molar-refractivity contribution in [2.75, 3.05) is 11.9 Å². The summed E-state index contributed by atoms with van der Waals surface area (Å²) in [5.41, 5.74) is 1.48. The average Bonchev–Trinajstić information content (AvgIpc) is 2.34. The Morgan fingerprint density at radius 2 is 2.11 bits per heavy atom. The van der Waals surface area contributed by atoms with Gasteiger partial charge in [-0.15, -0.1) is 0 Å². The maximum Gasteiger partial charge on any atom is 0.328 e. The number of anilines is 1. The minimum atomic E-state index is -0.708. The van der Waals surface area contributed by atoms with Crippen LogP contribution in [0.15, 0.2) is 18.2 Å². The van der Waals surface area contributed by atoms with E-state index in [2.05, 4.69) is 10.6 Å². The Balaban J connectivity index is 2.55. The second kappa shape index (κ2) is 6.99. The molecule has 19 heavy (non-hydrogen) atoms. The topological polar surface area (TPSA) is 67.4 Å². The molecule has 0 aromatic heterocycles. The second-order valence-corrected chi connectivity index (χ2v) is 4.44.